The van der Waals surface area contributed by atoms with Gasteiger partial charge in [0.25, 0.3) is 0 Å². The molecule has 4 heteroatoms. The van der Waals surface area contributed by atoms with Crippen molar-refractivity contribution in [3.63, 3.8) is 0 Å². The van der Waals surface area contributed by atoms with Crippen LogP contribution in [0, 0.1) is 0 Å². The molecule has 2 heterocycles. The monoisotopic (exact) mass is 256 g/mol. The zero-order valence-corrected chi connectivity index (χ0v) is 9.70. The summed E-state index contributed by atoms with van der Waals surface area (Å²) in [5.74, 6) is 0. The highest BCUT2D eigenvalue weighted by Crippen LogP contribution is 2.19. The fourth-order valence-corrected chi connectivity index (χ4v) is 1.88. The summed E-state index contributed by atoms with van der Waals surface area (Å²) in [6.07, 6.45) is 1.89. The normalized spacial score (nSPS) is 22.4. The van der Waals surface area contributed by atoms with Crippen LogP contribution in [0.4, 0.5) is 5.69 Å². The zero-order valence-electron chi connectivity index (χ0n) is 8.11. The average Bonchev–Trinajstić information content (AvgIpc) is 2.20. The zero-order chi connectivity index (χ0) is 9.97. The molecule has 1 atom stereocenters. The molecule has 1 saturated heterocycles. The topological polar surface area (TPSA) is 25.4 Å². The molecule has 14 heavy (non-hydrogen) atoms. The van der Waals surface area contributed by atoms with Crippen LogP contribution in [-0.4, -0.2) is 30.8 Å². The molecule has 1 aliphatic rings. The van der Waals surface area contributed by atoms with E-state index >= 15 is 0 Å². The molecule has 0 unspecified atom stereocenters. The lowest BCUT2D eigenvalue weighted by Crippen LogP contribution is -2.43. The molecule has 0 aliphatic carbocycles. The lowest BCUT2D eigenvalue weighted by molar-refractivity contribution is 0.0989. The summed E-state index contributed by atoms with van der Waals surface area (Å²) in [5, 5.41) is 0. The van der Waals surface area contributed by atoms with Gasteiger partial charge in [-0.15, -0.1) is 0 Å². The van der Waals surface area contributed by atoms with E-state index in [1.54, 1.807) is 0 Å². The number of hydrogen-bond acceptors (Lipinski definition) is 3. The maximum absolute atomic E-state index is 5.39. The number of morpholine rings is 1. The Hall–Kier alpha value is -0.610. The van der Waals surface area contributed by atoms with Crippen molar-refractivity contribution < 1.29 is 4.74 Å². The first-order valence-electron chi connectivity index (χ1n) is 4.73. The van der Waals surface area contributed by atoms with E-state index in [0.717, 1.165) is 24.4 Å². The molecule has 1 aromatic rings. The molecule has 0 N–H and O–H groups in total. The third kappa shape index (κ3) is 2.07. The number of halogens is 1. The summed E-state index contributed by atoms with van der Waals surface area (Å²) in [6.45, 7) is 4.72. The van der Waals surface area contributed by atoms with Gasteiger partial charge in [0.1, 0.15) is 4.60 Å². The highest BCUT2D eigenvalue weighted by Gasteiger charge is 2.18. The minimum Gasteiger partial charge on any atom is -0.377 e. The van der Waals surface area contributed by atoms with Crippen LogP contribution < -0.4 is 4.90 Å². The summed E-state index contributed by atoms with van der Waals surface area (Å²) >= 11 is 3.33. The Morgan fingerprint density at radius 1 is 1.57 bits per heavy atom. The molecular weight excluding hydrogens is 244 g/mol. The van der Waals surface area contributed by atoms with Crippen LogP contribution in [0.5, 0.6) is 0 Å². The Balaban J connectivity index is 2.16. The highest BCUT2D eigenvalue weighted by atomic mass is 79.9. The second-order valence-corrected chi connectivity index (χ2v) is 4.27. The molecule has 1 aromatic heterocycles. The van der Waals surface area contributed by atoms with Crippen molar-refractivity contribution in [3.8, 4) is 0 Å². The van der Waals surface area contributed by atoms with E-state index in [0.29, 0.717) is 6.04 Å². The number of ether oxygens (including phenoxy) is 1. The molecule has 0 saturated carbocycles. The van der Waals surface area contributed by atoms with E-state index in [2.05, 4.69) is 38.8 Å². The van der Waals surface area contributed by atoms with Crippen molar-refractivity contribution in [2.24, 2.45) is 0 Å². The Labute approximate surface area is 92.2 Å². The summed E-state index contributed by atoms with van der Waals surface area (Å²) in [7, 11) is 0. The third-order valence-corrected chi connectivity index (χ3v) is 2.88. The van der Waals surface area contributed by atoms with Crippen molar-refractivity contribution in [2.75, 3.05) is 24.7 Å². The van der Waals surface area contributed by atoms with E-state index < -0.39 is 0 Å². The molecule has 2 rings (SSSR count). The summed E-state index contributed by atoms with van der Waals surface area (Å²) in [5.41, 5.74) is 1.17. The standard InChI is InChI=1S/C10H13BrN2O/c1-8-7-14-5-4-13(8)9-2-3-10(11)12-6-9/h2-3,6,8H,4-5,7H2,1H3/t8-/m0/s1. The van der Waals surface area contributed by atoms with Crippen molar-refractivity contribution >= 4 is 21.6 Å². The fraction of sp³-hybridized carbons (Fsp3) is 0.500. The van der Waals surface area contributed by atoms with Gasteiger partial charge >= 0.3 is 0 Å². The number of nitrogens with zero attached hydrogens (tertiary/aromatic N) is 2. The van der Waals surface area contributed by atoms with Crippen LogP contribution in [-0.2, 0) is 4.74 Å². The van der Waals surface area contributed by atoms with Gasteiger partial charge in [0.2, 0.25) is 0 Å². The van der Waals surface area contributed by atoms with E-state index in [1.807, 2.05) is 12.3 Å². The first-order chi connectivity index (χ1) is 6.77. The minimum atomic E-state index is 0.437. The number of pyridine rings is 1. The Bertz CT molecular complexity index is 301. The van der Waals surface area contributed by atoms with Crippen molar-refractivity contribution in [3.05, 3.63) is 22.9 Å². The molecule has 76 valence electrons. The summed E-state index contributed by atoms with van der Waals surface area (Å²) < 4.78 is 6.26. The van der Waals surface area contributed by atoms with E-state index in [1.165, 1.54) is 5.69 Å². The van der Waals surface area contributed by atoms with Crippen LogP contribution in [0.2, 0.25) is 0 Å². The Morgan fingerprint density at radius 3 is 3.07 bits per heavy atom. The smallest absolute Gasteiger partial charge is 0.106 e. The first kappa shape index (κ1) is 9.93. The van der Waals surface area contributed by atoms with E-state index in [4.69, 9.17) is 4.74 Å². The maximum Gasteiger partial charge on any atom is 0.106 e. The number of rotatable bonds is 1. The van der Waals surface area contributed by atoms with Crippen molar-refractivity contribution in [1.29, 1.82) is 0 Å². The van der Waals surface area contributed by atoms with E-state index in [9.17, 15) is 0 Å². The van der Waals surface area contributed by atoms with E-state index in [-0.39, 0.29) is 0 Å². The van der Waals surface area contributed by atoms with Gasteiger partial charge in [-0.1, -0.05) is 0 Å². The van der Waals surface area contributed by atoms with Crippen molar-refractivity contribution in [2.45, 2.75) is 13.0 Å². The lowest BCUT2D eigenvalue weighted by Gasteiger charge is -2.34. The largest absolute Gasteiger partial charge is 0.377 e. The molecule has 0 bridgehead atoms. The van der Waals surface area contributed by atoms with Crippen LogP contribution in [0.1, 0.15) is 6.92 Å². The number of aromatic nitrogens is 1. The molecule has 0 spiro atoms. The second-order valence-electron chi connectivity index (χ2n) is 3.46. The van der Waals surface area contributed by atoms with Gasteiger partial charge in [0.05, 0.1) is 25.1 Å². The average molecular weight is 257 g/mol. The van der Waals surface area contributed by atoms with Crippen LogP contribution in [0.3, 0.4) is 0 Å². The summed E-state index contributed by atoms with van der Waals surface area (Å²) in [6, 6.07) is 4.49. The third-order valence-electron chi connectivity index (χ3n) is 2.41. The van der Waals surface area contributed by atoms with Crippen LogP contribution >= 0.6 is 15.9 Å². The molecular formula is C10H13BrN2O. The number of anilines is 1. The fourth-order valence-electron chi connectivity index (χ4n) is 1.65. The van der Waals surface area contributed by atoms with Gasteiger partial charge in [-0.25, -0.2) is 4.98 Å². The van der Waals surface area contributed by atoms with Gasteiger partial charge in [-0.3, -0.25) is 0 Å². The van der Waals surface area contributed by atoms with Gasteiger partial charge in [-0.05, 0) is 35.0 Å². The molecule has 1 aliphatic heterocycles. The van der Waals surface area contributed by atoms with Crippen LogP contribution in [0.15, 0.2) is 22.9 Å². The summed E-state index contributed by atoms with van der Waals surface area (Å²) in [4.78, 5) is 6.55. The lowest BCUT2D eigenvalue weighted by atomic mass is 10.2. The number of hydrogen-bond donors (Lipinski definition) is 0. The van der Waals surface area contributed by atoms with Gasteiger partial charge in [0.15, 0.2) is 0 Å². The molecule has 0 radical (unpaired) electrons. The predicted octanol–water partition coefficient (Wildman–Crippen LogP) is 2.07. The highest BCUT2D eigenvalue weighted by molar-refractivity contribution is 9.10. The van der Waals surface area contributed by atoms with Gasteiger partial charge in [-0.2, -0.15) is 0 Å². The van der Waals surface area contributed by atoms with Gasteiger partial charge in [0, 0.05) is 12.6 Å². The molecule has 1 fully saturated rings. The SMILES string of the molecule is C[C@H]1COCCN1c1ccc(Br)nc1. The molecule has 3 nitrogen and oxygen atoms in total. The molecule has 0 amide bonds. The maximum atomic E-state index is 5.39. The quantitative estimate of drug-likeness (QED) is 0.720. The minimum absolute atomic E-state index is 0.437. The Morgan fingerprint density at radius 2 is 2.43 bits per heavy atom. The second kappa shape index (κ2) is 4.28. The van der Waals surface area contributed by atoms with Crippen LogP contribution in [0.25, 0.3) is 0 Å². The predicted molar refractivity (Wildman–Crippen MR) is 59.6 cm³/mol. The first-order valence-corrected chi connectivity index (χ1v) is 5.52. The molecule has 0 aromatic carbocycles. The Kier molecular flexibility index (Phi) is 3.03. The van der Waals surface area contributed by atoms with Crippen molar-refractivity contribution in [1.82, 2.24) is 4.98 Å². The van der Waals surface area contributed by atoms with Gasteiger partial charge < -0.3 is 9.64 Å².